The van der Waals surface area contributed by atoms with Gasteiger partial charge in [0.05, 0.1) is 6.04 Å². The Hall–Kier alpha value is -0.540. The average molecular weight is 156 g/mol. The molecule has 0 radical (unpaired) electrons. The second-order valence-electron chi connectivity index (χ2n) is 2.63. The molecule has 0 aromatic heterocycles. The maximum absolute atomic E-state index is 5.48. The van der Waals surface area contributed by atoms with E-state index in [2.05, 4.69) is 26.8 Å². The zero-order valence-corrected chi connectivity index (χ0v) is 7.45. The molecule has 0 spiro atoms. The number of hydrogen-bond donors (Lipinski definition) is 0. The van der Waals surface area contributed by atoms with Gasteiger partial charge in [0, 0.05) is 19.3 Å². The van der Waals surface area contributed by atoms with Crippen LogP contribution >= 0.6 is 0 Å². The van der Waals surface area contributed by atoms with Crippen LogP contribution in [0.5, 0.6) is 0 Å². The van der Waals surface area contributed by atoms with Crippen LogP contribution in [0.15, 0.2) is 12.3 Å². The van der Waals surface area contributed by atoms with Crippen molar-refractivity contribution in [2.24, 2.45) is 0 Å². The van der Waals surface area contributed by atoms with E-state index in [-0.39, 0.29) is 0 Å². The molecular formula is C8H16N2O. The Bertz CT molecular complexity index is 147. The van der Waals surface area contributed by atoms with Gasteiger partial charge in [-0.2, -0.15) is 10.0 Å². The molecule has 0 bridgehead atoms. The molecule has 3 nitrogen and oxygen atoms in total. The van der Waals surface area contributed by atoms with Crippen LogP contribution in [0, 0.1) is 0 Å². The van der Waals surface area contributed by atoms with Gasteiger partial charge >= 0.3 is 0 Å². The van der Waals surface area contributed by atoms with Crippen molar-refractivity contribution in [3.05, 3.63) is 12.3 Å². The van der Waals surface area contributed by atoms with Crippen LogP contribution in [0.2, 0.25) is 0 Å². The lowest BCUT2D eigenvalue weighted by molar-refractivity contribution is -0.318. The Balaban J connectivity index is 2.52. The van der Waals surface area contributed by atoms with E-state index in [0.29, 0.717) is 6.04 Å². The van der Waals surface area contributed by atoms with Crippen molar-refractivity contribution >= 4 is 0 Å². The highest BCUT2D eigenvalue weighted by molar-refractivity contribution is 4.90. The fraction of sp³-hybridized carbons (Fsp3) is 0.750. The van der Waals surface area contributed by atoms with Gasteiger partial charge in [-0.25, -0.2) is 5.06 Å². The van der Waals surface area contributed by atoms with E-state index in [4.69, 9.17) is 4.94 Å². The third-order valence-corrected chi connectivity index (χ3v) is 1.82. The van der Waals surface area contributed by atoms with Crippen molar-refractivity contribution in [1.82, 2.24) is 10.1 Å². The van der Waals surface area contributed by atoms with Crippen LogP contribution in [0.25, 0.3) is 0 Å². The van der Waals surface area contributed by atoms with Crippen molar-refractivity contribution in [2.45, 2.75) is 26.8 Å². The summed E-state index contributed by atoms with van der Waals surface area (Å²) in [5.41, 5.74) is 0. The van der Waals surface area contributed by atoms with E-state index in [1.165, 1.54) is 0 Å². The Kier molecular flexibility index (Phi) is 2.91. The van der Waals surface area contributed by atoms with Crippen LogP contribution in [0.3, 0.4) is 0 Å². The van der Waals surface area contributed by atoms with Gasteiger partial charge in [-0.05, 0) is 26.8 Å². The maximum Gasteiger partial charge on any atom is 0.0546 e. The minimum absolute atomic E-state index is 0.391. The van der Waals surface area contributed by atoms with E-state index >= 15 is 0 Å². The molecular weight excluding hydrogens is 140 g/mol. The lowest BCUT2D eigenvalue weighted by atomic mass is 10.3. The van der Waals surface area contributed by atoms with Crippen LogP contribution < -0.4 is 0 Å². The van der Waals surface area contributed by atoms with Crippen LogP contribution in [-0.4, -0.2) is 29.3 Å². The number of rotatable bonds is 2. The molecule has 0 aliphatic carbocycles. The highest BCUT2D eigenvalue weighted by atomic mass is 16.8. The van der Waals surface area contributed by atoms with Gasteiger partial charge in [0.1, 0.15) is 0 Å². The Labute approximate surface area is 68.1 Å². The lowest BCUT2D eigenvalue weighted by Gasteiger charge is -2.33. The highest BCUT2D eigenvalue weighted by Crippen LogP contribution is 2.10. The normalized spacial score (nSPS) is 26.1. The van der Waals surface area contributed by atoms with Gasteiger partial charge in [-0.15, -0.1) is 0 Å². The summed E-state index contributed by atoms with van der Waals surface area (Å²) in [6.45, 7) is 8.08. The molecule has 1 unspecified atom stereocenters. The third-order valence-electron chi connectivity index (χ3n) is 1.82. The summed E-state index contributed by atoms with van der Waals surface area (Å²) in [7, 11) is 0. The van der Waals surface area contributed by atoms with E-state index in [1.54, 1.807) is 0 Å². The quantitative estimate of drug-likeness (QED) is 0.601. The third kappa shape index (κ3) is 1.94. The summed E-state index contributed by atoms with van der Waals surface area (Å²) in [4.78, 5) is 5.48. The molecule has 1 heterocycles. The largest absolute Gasteiger partial charge is 0.243 e. The Morgan fingerprint density at radius 3 is 2.64 bits per heavy atom. The van der Waals surface area contributed by atoms with E-state index in [9.17, 15) is 0 Å². The van der Waals surface area contributed by atoms with Gasteiger partial charge in [0.15, 0.2) is 0 Å². The van der Waals surface area contributed by atoms with Crippen LogP contribution in [0.1, 0.15) is 20.8 Å². The van der Waals surface area contributed by atoms with Crippen LogP contribution in [-0.2, 0) is 4.94 Å². The molecule has 0 saturated carbocycles. The maximum atomic E-state index is 5.48. The second-order valence-corrected chi connectivity index (χ2v) is 2.63. The van der Waals surface area contributed by atoms with Crippen LogP contribution in [0.4, 0.5) is 0 Å². The summed E-state index contributed by atoms with van der Waals surface area (Å²) in [5.74, 6) is 0. The van der Waals surface area contributed by atoms with Gasteiger partial charge in [0.2, 0.25) is 0 Å². The Morgan fingerprint density at radius 1 is 1.36 bits per heavy atom. The fourth-order valence-corrected chi connectivity index (χ4v) is 1.06. The van der Waals surface area contributed by atoms with E-state index in [0.717, 1.165) is 13.1 Å². The van der Waals surface area contributed by atoms with Gasteiger partial charge in [0.25, 0.3) is 0 Å². The summed E-state index contributed by atoms with van der Waals surface area (Å²) in [5, 5.41) is 3.77. The topological polar surface area (TPSA) is 15.7 Å². The van der Waals surface area contributed by atoms with Crippen molar-refractivity contribution in [3.8, 4) is 0 Å². The first-order valence-electron chi connectivity index (χ1n) is 4.17. The molecule has 64 valence electrons. The number of hydroxylamine groups is 4. The monoisotopic (exact) mass is 156 g/mol. The van der Waals surface area contributed by atoms with Gasteiger partial charge in [-0.3, -0.25) is 0 Å². The molecule has 0 aromatic carbocycles. The van der Waals surface area contributed by atoms with E-state index < -0.39 is 0 Å². The molecule has 0 N–H and O–H groups in total. The van der Waals surface area contributed by atoms with Gasteiger partial charge in [-0.1, -0.05) is 0 Å². The predicted octanol–water partition coefficient (Wildman–Crippen LogP) is 1.39. The van der Waals surface area contributed by atoms with E-state index in [1.807, 2.05) is 16.3 Å². The first kappa shape index (κ1) is 8.56. The molecule has 0 amide bonds. The number of hydrogen-bond acceptors (Lipinski definition) is 3. The highest BCUT2D eigenvalue weighted by Gasteiger charge is 2.16. The first-order chi connectivity index (χ1) is 5.27. The lowest BCUT2D eigenvalue weighted by Crippen LogP contribution is -2.41. The van der Waals surface area contributed by atoms with Crippen molar-refractivity contribution in [2.75, 3.05) is 13.1 Å². The fourth-order valence-electron chi connectivity index (χ4n) is 1.06. The zero-order valence-electron chi connectivity index (χ0n) is 7.45. The second kappa shape index (κ2) is 3.74. The summed E-state index contributed by atoms with van der Waals surface area (Å²) >= 11 is 0. The average Bonchev–Trinajstić information content (AvgIpc) is 2.05. The number of likely N-dealkylation sites (N-methyl/N-ethyl adjacent to an activating group) is 1. The standard InChI is InChI=1S/C8H16N2O/c1-4-9-7-6-8(3)10(5-2)11-9/h6-8H,4-5H2,1-3H3. The van der Waals surface area contributed by atoms with Crippen molar-refractivity contribution in [1.29, 1.82) is 0 Å². The predicted molar refractivity (Wildman–Crippen MR) is 44.4 cm³/mol. The summed E-state index contributed by atoms with van der Waals surface area (Å²) < 4.78 is 0. The minimum atomic E-state index is 0.391. The number of nitrogens with zero attached hydrogens (tertiary/aromatic N) is 2. The smallest absolute Gasteiger partial charge is 0.0546 e. The van der Waals surface area contributed by atoms with Crippen molar-refractivity contribution in [3.63, 3.8) is 0 Å². The molecule has 0 saturated heterocycles. The SMILES string of the molecule is CCN1C=CC(C)N(CC)O1. The zero-order chi connectivity index (χ0) is 8.27. The van der Waals surface area contributed by atoms with Crippen molar-refractivity contribution < 1.29 is 4.94 Å². The molecule has 1 rings (SSSR count). The molecule has 3 heteroatoms. The molecule has 0 aromatic rings. The van der Waals surface area contributed by atoms with Gasteiger partial charge < -0.3 is 0 Å². The molecule has 1 aliphatic heterocycles. The molecule has 11 heavy (non-hydrogen) atoms. The minimum Gasteiger partial charge on any atom is -0.243 e. The molecule has 0 fully saturated rings. The first-order valence-corrected chi connectivity index (χ1v) is 4.17. The molecule has 1 atom stereocenters. The summed E-state index contributed by atoms with van der Waals surface area (Å²) in [6, 6.07) is 0.391. The molecule has 1 aliphatic rings. The Morgan fingerprint density at radius 2 is 2.09 bits per heavy atom. The summed E-state index contributed by atoms with van der Waals surface area (Å²) in [6.07, 6.45) is 4.12.